The summed E-state index contributed by atoms with van der Waals surface area (Å²) < 4.78 is 6.83. The van der Waals surface area contributed by atoms with E-state index in [1.807, 2.05) is 6.92 Å². The molecule has 2 heterocycles. The van der Waals surface area contributed by atoms with Gasteiger partial charge in [0.1, 0.15) is 0 Å². The second-order valence-corrected chi connectivity index (χ2v) is 6.76. The Morgan fingerprint density at radius 2 is 2.50 bits per heavy atom. The standard InChI is InChI=1S/C11H17BrN2OS/c1-8(13)10-7-14(4-5-15-10)6-9-2-3-11(12)16-9/h2-3,8,10H,4-7,13H2,1H3/t8-,10-/m1/s1. The molecule has 2 atom stereocenters. The maximum Gasteiger partial charge on any atom is 0.0850 e. The van der Waals surface area contributed by atoms with Crippen molar-refractivity contribution < 1.29 is 4.74 Å². The van der Waals surface area contributed by atoms with Crippen LogP contribution in [0.2, 0.25) is 0 Å². The highest BCUT2D eigenvalue weighted by molar-refractivity contribution is 9.11. The summed E-state index contributed by atoms with van der Waals surface area (Å²) in [4.78, 5) is 3.80. The highest BCUT2D eigenvalue weighted by atomic mass is 79.9. The second-order valence-electron chi connectivity index (χ2n) is 4.21. The predicted molar refractivity (Wildman–Crippen MR) is 70.7 cm³/mol. The Morgan fingerprint density at radius 1 is 1.69 bits per heavy atom. The van der Waals surface area contributed by atoms with Gasteiger partial charge in [-0.25, -0.2) is 0 Å². The van der Waals surface area contributed by atoms with E-state index in [1.165, 1.54) is 8.66 Å². The summed E-state index contributed by atoms with van der Waals surface area (Å²) in [5.41, 5.74) is 5.87. The molecule has 0 bridgehead atoms. The highest BCUT2D eigenvalue weighted by Crippen LogP contribution is 2.24. The minimum Gasteiger partial charge on any atom is -0.374 e. The van der Waals surface area contributed by atoms with E-state index in [4.69, 9.17) is 10.5 Å². The summed E-state index contributed by atoms with van der Waals surface area (Å²) in [5.74, 6) is 0. The highest BCUT2D eigenvalue weighted by Gasteiger charge is 2.23. The van der Waals surface area contributed by atoms with E-state index in [2.05, 4.69) is 33.0 Å². The van der Waals surface area contributed by atoms with Crippen molar-refractivity contribution in [1.29, 1.82) is 0 Å². The molecule has 5 heteroatoms. The quantitative estimate of drug-likeness (QED) is 0.929. The number of thiophene rings is 1. The smallest absolute Gasteiger partial charge is 0.0850 e. The van der Waals surface area contributed by atoms with Crippen molar-refractivity contribution in [3.05, 3.63) is 20.8 Å². The molecule has 0 aliphatic carbocycles. The number of hydrogen-bond acceptors (Lipinski definition) is 4. The van der Waals surface area contributed by atoms with Gasteiger partial charge in [0.05, 0.1) is 16.5 Å². The number of morpholine rings is 1. The van der Waals surface area contributed by atoms with Gasteiger partial charge in [-0.3, -0.25) is 4.90 Å². The van der Waals surface area contributed by atoms with Gasteiger partial charge in [-0.2, -0.15) is 0 Å². The number of halogens is 1. The number of hydrogen-bond donors (Lipinski definition) is 1. The molecule has 3 nitrogen and oxygen atoms in total. The fraction of sp³-hybridized carbons (Fsp3) is 0.636. The van der Waals surface area contributed by atoms with Crippen LogP contribution in [0.3, 0.4) is 0 Å². The lowest BCUT2D eigenvalue weighted by Gasteiger charge is -2.34. The Morgan fingerprint density at radius 3 is 3.12 bits per heavy atom. The zero-order valence-corrected chi connectivity index (χ0v) is 11.8. The number of nitrogens with two attached hydrogens (primary N) is 1. The first-order valence-electron chi connectivity index (χ1n) is 5.49. The monoisotopic (exact) mass is 304 g/mol. The van der Waals surface area contributed by atoms with Gasteiger partial charge < -0.3 is 10.5 Å². The first-order valence-corrected chi connectivity index (χ1v) is 7.10. The summed E-state index contributed by atoms with van der Waals surface area (Å²) in [6.45, 7) is 5.74. The van der Waals surface area contributed by atoms with Crippen LogP contribution in [0.25, 0.3) is 0 Å². The van der Waals surface area contributed by atoms with Crippen LogP contribution in [-0.2, 0) is 11.3 Å². The van der Waals surface area contributed by atoms with Gasteiger partial charge >= 0.3 is 0 Å². The molecule has 2 rings (SSSR count). The zero-order valence-electron chi connectivity index (χ0n) is 9.36. The number of nitrogens with zero attached hydrogens (tertiary/aromatic N) is 1. The van der Waals surface area contributed by atoms with E-state index in [-0.39, 0.29) is 12.1 Å². The van der Waals surface area contributed by atoms with Crippen molar-refractivity contribution in [2.75, 3.05) is 19.7 Å². The van der Waals surface area contributed by atoms with Gasteiger partial charge in [0.25, 0.3) is 0 Å². The van der Waals surface area contributed by atoms with Crippen LogP contribution in [0.5, 0.6) is 0 Å². The molecule has 1 aromatic rings. The van der Waals surface area contributed by atoms with Crippen LogP contribution in [0.15, 0.2) is 15.9 Å². The molecule has 1 aliphatic heterocycles. The maximum absolute atomic E-state index is 5.87. The van der Waals surface area contributed by atoms with Gasteiger partial charge in [0.15, 0.2) is 0 Å². The average molecular weight is 305 g/mol. The average Bonchev–Trinajstić information content (AvgIpc) is 2.64. The third-order valence-electron chi connectivity index (χ3n) is 2.77. The minimum absolute atomic E-state index is 0.109. The van der Waals surface area contributed by atoms with Gasteiger partial charge in [-0.05, 0) is 35.0 Å². The van der Waals surface area contributed by atoms with E-state index in [0.717, 1.165) is 26.2 Å². The van der Waals surface area contributed by atoms with Crippen molar-refractivity contribution in [1.82, 2.24) is 4.90 Å². The minimum atomic E-state index is 0.109. The molecular formula is C11H17BrN2OS. The van der Waals surface area contributed by atoms with Crippen LogP contribution in [0.4, 0.5) is 0 Å². The molecule has 1 saturated heterocycles. The molecular weight excluding hydrogens is 288 g/mol. The molecule has 16 heavy (non-hydrogen) atoms. The Kier molecular flexibility index (Phi) is 4.38. The van der Waals surface area contributed by atoms with Gasteiger partial charge in [-0.15, -0.1) is 11.3 Å². The molecule has 1 aliphatic rings. The molecule has 0 unspecified atom stereocenters. The summed E-state index contributed by atoms with van der Waals surface area (Å²) in [5, 5.41) is 0. The molecule has 0 saturated carbocycles. The van der Waals surface area contributed by atoms with Gasteiger partial charge in [0, 0.05) is 30.6 Å². The van der Waals surface area contributed by atoms with Crippen molar-refractivity contribution in [2.24, 2.45) is 5.73 Å². The first kappa shape index (κ1) is 12.5. The normalized spacial score (nSPS) is 24.6. The zero-order chi connectivity index (χ0) is 11.5. The number of rotatable bonds is 3. The molecule has 1 aromatic heterocycles. The van der Waals surface area contributed by atoms with Crippen LogP contribution < -0.4 is 5.73 Å². The summed E-state index contributed by atoms with van der Waals surface area (Å²) in [6.07, 6.45) is 0.178. The third kappa shape index (κ3) is 3.28. The van der Waals surface area contributed by atoms with E-state index in [1.54, 1.807) is 11.3 Å². The molecule has 0 amide bonds. The van der Waals surface area contributed by atoms with Crippen LogP contribution in [-0.4, -0.2) is 36.7 Å². The van der Waals surface area contributed by atoms with E-state index in [0.29, 0.717) is 0 Å². The van der Waals surface area contributed by atoms with Crippen molar-refractivity contribution in [3.8, 4) is 0 Å². The van der Waals surface area contributed by atoms with Crippen molar-refractivity contribution in [3.63, 3.8) is 0 Å². The Hall–Kier alpha value is 0.0600. The molecule has 0 aromatic carbocycles. The van der Waals surface area contributed by atoms with Gasteiger partial charge in [-0.1, -0.05) is 0 Å². The Labute approximate surface area is 109 Å². The topological polar surface area (TPSA) is 38.5 Å². The first-order chi connectivity index (χ1) is 7.65. The van der Waals surface area contributed by atoms with Gasteiger partial charge in [0.2, 0.25) is 0 Å². The van der Waals surface area contributed by atoms with Crippen molar-refractivity contribution >= 4 is 27.3 Å². The number of ether oxygens (including phenoxy) is 1. The van der Waals surface area contributed by atoms with Crippen molar-refractivity contribution in [2.45, 2.75) is 25.6 Å². The van der Waals surface area contributed by atoms with E-state index < -0.39 is 0 Å². The molecule has 2 N–H and O–H groups in total. The van der Waals surface area contributed by atoms with Crippen LogP contribution in [0.1, 0.15) is 11.8 Å². The maximum atomic E-state index is 5.87. The molecule has 0 spiro atoms. The molecule has 0 radical (unpaired) electrons. The SMILES string of the molecule is C[C@@H](N)[C@H]1CN(Cc2ccc(Br)s2)CCO1. The molecule has 90 valence electrons. The Balaban J connectivity index is 1.90. The van der Waals surface area contributed by atoms with E-state index in [9.17, 15) is 0 Å². The summed E-state index contributed by atoms with van der Waals surface area (Å²) in [6, 6.07) is 4.38. The predicted octanol–water partition coefficient (Wildman–Crippen LogP) is 2.06. The lowest BCUT2D eigenvalue weighted by Crippen LogP contribution is -2.49. The Bertz CT molecular complexity index is 342. The molecule has 1 fully saturated rings. The lowest BCUT2D eigenvalue weighted by atomic mass is 10.1. The third-order valence-corrected chi connectivity index (χ3v) is 4.38. The van der Waals surface area contributed by atoms with Crippen LogP contribution >= 0.6 is 27.3 Å². The fourth-order valence-corrected chi connectivity index (χ4v) is 3.38. The summed E-state index contributed by atoms with van der Waals surface area (Å²) >= 11 is 5.28. The summed E-state index contributed by atoms with van der Waals surface area (Å²) in [7, 11) is 0. The van der Waals surface area contributed by atoms with Crippen LogP contribution in [0, 0.1) is 0 Å². The largest absolute Gasteiger partial charge is 0.374 e. The lowest BCUT2D eigenvalue weighted by molar-refractivity contribution is -0.0400. The fourth-order valence-electron chi connectivity index (χ4n) is 1.85. The second kappa shape index (κ2) is 5.60. The van der Waals surface area contributed by atoms with E-state index >= 15 is 0 Å².